The van der Waals surface area contributed by atoms with Gasteiger partial charge in [0.1, 0.15) is 0 Å². The molecule has 0 saturated carbocycles. The maximum absolute atomic E-state index is 14.0. The number of halogens is 2. The van der Waals surface area contributed by atoms with E-state index in [2.05, 4.69) is 5.32 Å². The fourth-order valence-corrected chi connectivity index (χ4v) is 3.66. The largest absolute Gasteiger partial charge is 0.339 e. The molecule has 1 aromatic carbocycles. The second kappa shape index (κ2) is 5.93. The summed E-state index contributed by atoms with van der Waals surface area (Å²) in [5.41, 5.74) is 0.471. The Morgan fingerprint density at radius 3 is 2.52 bits per heavy atom. The van der Waals surface area contributed by atoms with E-state index in [4.69, 9.17) is 11.6 Å². The highest BCUT2D eigenvalue weighted by Gasteiger charge is 2.37. The van der Waals surface area contributed by atoms with Crippen molar-refractivity contribution < 1.29 is 9.18 Å². The van der Waals surface area contributed by atoms with Crippen molar-refractivity contribution in [2.75, 3.05) is 26.2 Å². The molecule has 2 saturated heterocycles. The van der Waals surface area contributed by atoms with Gasteiger partial charge in [0.15, 0.2) is 5.82 Å². The number of carbonyl (C=O) groups excluding carboxylic acids is 1. The zero-order chi connectivity index (χ0) is 14.9. The van der Waals surface area contributed by atoms with E-state index in [1.165, 1.54) is 25.0 Å². The van der Waals surface area contributed by atoms with Gasteiger partial charge in [-0.3, -0.25) is 4.79 Å². The zero-order valence-corrected chi connectivity index (χ0v) is 12.8. The third-order valence-corrected chi connectivity index (χ3v) is 5.25. The molecule has 0 bridgehead atoms. The molecule has 3 nitrogen and oxygen atoms in total. The van der Waals surface area contributed by atoms with Crippen LogP contribution in [0.2, 0.25) is 5.02 Å². The standard InChI is InChI=1S/C16H20ClFN2O/c17-13-3-1-2-12(14(13)18)15(21)20-10-6-16(7-11-20)4-8-19-9-5-16/h1-3,19H,4-11H2. The molecule has 0 atom stereocenters. The Labute approximate surface area is 129 Å². The van der Waals surface area contributed by atoms with Crippen molar-refractivity contribution in [2.45, 2.75) is 25.7 Å². The Morgan fingerprint density at radius 1 is 1.19 bits per heavy atom. The molecule has 3 rings (SSSR count). The SMILES string of the molecule is O=C(c1cccc(Cl)c1F)N1CCC2(CCNCC2)CC1. The Morgan fingerprint density at radius 2 is 1.86 bits per heavy atom. The van der Waals surface area contributed by atoms with Crippen LogP contribution >= 0.6 is 11.6 Å². The first kappa shape index (κ1) is 14.8. The zero-order valence-electron chi connectivity index (χ0n) is 12.0. The molecule has 0 radical (unpaired) electrons. The highest BCUT2D eigenvalue weighted by molar-refractivity contribution is 6.31. The minimum atomic E-state index is -0.605. The maximum Gasteiger partial charge on any atom is 0.256 e. The summed E-state index contributed by atoms with van der Waals surface area (Å²) >= 11 is 5.76. The molecule has 21 heavy (non-hydrogen) atoms. The second-order valence-electron chi connectivity index (χ2n) is 6.14. The van der Waals surface area contributed by atoms with Gasteiger partial charge in [-0.25, -0.2) is 4.39 Å². The fraction of sp³-hybridized carbons (Fsp3) is 0.562. The van der Waals surface area contributed by atoms with Crippen molar-refractivity contribution >= 4 is 17.5 Å². The number of hydrogen-bond donors (Lipinski definition) is 1. The highest BCUT2D eigenvalue weighted by Crippen LogP contribution is 2.39. The van der Waals surface area contributed by atoms with Crippen LogP contribution in [-0.4, -0.2) is 37.0 Å². The predicted molar refractivity (Wildman–Crippen MR) is 81.1 cm³/mol. The van der Waals surface area contributed by atoms with Crippen LogP contribution in [-0.2, 0) is 0 Å². The Bertz CT molecular complexity index is 533. The second-order valence-corrected chi connectivity index (χ2v) is 6.55. The quantitative estimate of drug-likeness (QED) is 0.864. The molecule has 0 aromatic heterocycles. The average Bonchev–Trinajstić information content (AvgIpc) is 2.51. The number of benzene rings is 1. The first-order valence-electron chi connectivity index (χ1n) is 7.55. The van der Waals surface area contributed by atoms with Gasteiger partial charge in [-0.2, -0.15) is 0 Å². The topological polar surface area (TPSA) is 32.3 Å². The van der Waals surface area contributed by atoms with E-state index in [0.717, 1.165) is 25.9 Å². The van der Waals surface area contributed by atoms with Crippen molar-refractivity contribution in [3.8, 4) is 0 Å². The van der Waals surface area contributed by atoms with Crippen LogP contribution in [0.5, 0.6) is 0 Å². The van der Waals surface area contributed by atoms with Crippen molar-refractivity contribution in [3.05, 3.63) is 34.6 Å². The molecule has 0 unspecified atom stereocenters. The van der Waals surface area contributed by atoms with E-state index in [9.17, 15) is 9.18 Å². The first-order valence-corrected chi connectivity index (χ1v) is 7.93. The molecule has 0 aliphatic carbocycles. The molecule has 1 aromatic rings. The first-order chi connectivity index (χ1) is 10.1. The number of piperidine rings is 2. The minimum absolute atomic E-state index is 0.00712. The lowest BCUT2D eigenvalue weighted by Gasteiger charge is -2.44. The highest BCUT2D eigenvalue weighted by atomic mass is 35.5. The number of nitrogens with zero attached hydrogens (tertiary/aromatic N) is 1. The number of hydrogen-bond acceptors (Lipinski definition) is 2. The predicted octanol–water partition coefficient (Wildman–Crippen LogP) is 3.08. The summed E-state index contributed by atoms with van der Waals surface area (Å²) < 4.78 is 14.0. The molecule has 2 fully saturated rings. The van der Waals surface area contributed by atoms with Crippen LogP contribution in [0, 0.1) is 11.2 Å². The van der Waals surface area contributed by atoms with Gasteiger partial charge in [-0.05, 0) is 56.3 Å². The Kier molecular flexibility index (Phi) is 4.18. The number of rotatable bonds is 1. The van der Waals surface area contributed by atoms with Gasteiger partial charge in [-0.15, -0.1) is 0 Å². The van der Waals surface area contributed by atoms with Gasteiger partial charge in [0.2, 0.25) is 0 Å². The summed E-state index contributed by atoms with van der Waals surface area (Å²) in [7, 11) is 0. The smallest absolute Gasteiger partial charge is 0.256 e. The monoisotopic (exact) mass is 310 g/mol. The van der Waals surface area contributed by atoms with Gasteiger partial charge >= 0.3 is 0 Å². The van der Waals surface area contributed by atoms with Crippen LogP contribution < -0.4 is 5.32 Å². The van der Waals surface area contributed by atoms with Gasteiger partial charge in [0, 0.05) is 13.1 Å². The summed E-state index contributed by atoms with van der Waals surface area (Å²) in [6.45, 7) is 3.56. The van der Waals surface area contributed by atoms with Gasteiger partial charge in [-0.1, -0.05) is 17.7 Å². The summed E-state index contributed by atoms with van der Waals surface area (Å²) in [5, 5.41) is 3.39. The van der Waals surface area contributed by atoms with E-state index < -0.39 is 5.82 Å². The molecule has 2 aliphatic heterocycles. The van der Waals surface area contributed by atoms with Crippen LogP contribution in [0.1, 0.15) is 36.0 Å². The maximum atomic E-state index is 14.0. The average molecular weight is 311 g/mol. The molecule has 1 N–H and O–H groups in total. The molecule has 2 heterocycles. The van der Waals surface area contributed by atoms with Crippen LogP contribution in [0.4, 0.5) is 4.39 Å². The lowest BCUT2D eigenvalue weighted by atomic mass is 9.71. The van der Waals surface area contributed by atoms with E-state index in [0.29, 0.717) is 18.5 Å². The normalized spacial score (nSPS) is 21.5. The lowest BCUT2D eigenvalue weighted by molar-refractivity contribution is 0.0492. The van der Waals surface area contributed by atoms with E-state index in [1.807, 2.05) is 0 Å². The van der Waals surface area contributed by atoms with Gasteiger partial charge < -0.3 is 10.2 Å². The van der Waals surface area contributed by atoms with Crippen molar-refractivity contribution in [1.29, 1.82) is 0 Å². The van der Waals surface area contributed by atoms with Crippen molar-refractivity contribution in [1.82, 2.24) is 10.2 Å². The van der Waals surface area contributed by atoms with Crippen LogP contribution in [0.3, 0.4) is 0 Å². The molecule has 2 aliphatic rings. The third-order valence-electron chi connectivity index (χ3n) is 4.96. The van der Waals surface area contributed by atoms with Crippen molar-refractivity contribution in [3.63, 3.8) is 0 Å². The van der Waals surface area contributed by atoms with Crippen LogP contribution in [0.15, 0.2) is 18.2 Å². The summed E-state index contributed by atoms with van der Waals surface area (Å²) in [5.74, 6) is -0.842. The number of amides is 1. The van der Waals surface area contributed by atoms with E-state index in [1.54, 1.807) is 11.0 Å². The fourth-order valence-electron chi connectivity index (χ4n) is 3.48. The van der Waals surface area contributed by atoms with Crippen LogP contribution in [0.25, 0.3) is 0 Å². The molecule has 1 spiro atoms. The van der Waals surface area contributed by atoms with Gasteiger partial charge in [0.05, 0.1) is 10.6 Å². The molecular formula is C16H20ClFN2O. The minimum Gasteiger partial charge on any atom is -0.339 e. The lowest BCUT2D eigenvalue weighted by Crippen LogP contribution is -2.47. The molecule has 114 valence electrons. The molecule has 5 heteroatoms. The summed E-state index contributed by atoms with van der Waals surface area (Å²) in [6.07, 6.45) is 4.40. The number of likely N-dealkylation sites (tertiary alicyclic amines) is 1. The van der Waals surface area contributed by atoms with E-state index in [-0.39, 0.29) is 16.5 Å². The Hall–Kier alpha value is -1.13. The van der Waals surface area contributed by atoms with Gasteiger partial charge in [0.25, 0.3) is 5.91 Å². The third kappa shape index (κ3) is 2.92. The summed E-state index contributed by atoms with van der Waals surface area (Å²) in [6, 6.07) is 4.60. The van der Waals surface area contributed by atoms with E-state index >= 15 is 0 Å². The molecular weight excluding hydrogens is 291 g/mol. The molecule has 1 amide bonds. The number of carbonyl (C=O) groups is 1. The Balaban J connectivity index is 1.69. The number of nitrogens with one attached hydrogen (secondary N) is 1. The van der Waals surface area contributed by atoms with Crippen molar-refractivity contribution in [2.24, 2.45) is 5.41 Å². The summed E-state index contributed by atoms with van der Waals surface area (Å²) in [4.78, 5) is 14.2.